The van der Waals surface area contributed by atoms with Crippen molar-refractivity contribution in [1.29, 1.82) is 0 Å². The molecule has 0 radical (unpaired) electrons. The number of amides is 1. The minimum atomic E-state index is -0.393. The number of aryl methyl sites for hydroxylation is 1. The number of benzene rings is 1. The molecule has 30 heavy (non-hydrogen) atoms. The van der Waals surface area contributed by atoms with E-state index in [1.54, 1.807) is 24.5 Å². The molecule has 0 spiro atoms. The van der Waals surface area contributed by atoms with E-state index in [0.717, 1.165) is 55.0 Å². The summed E-state index contributed by atoms with van der Waals surface area (Å²) < 4.78 is 5.13. The van der Waals surface area contributed by atoms with Gasteiger partial charge in [-0.25, -0.2) is 4.98 Å². The molecule has 1 amide bonds. The average Bonchev–Trinajstić information content (AvgIpc) is 3.42. The third-order valence-electron chi connectivity index (χ3n) is 4.43. The largest absolute Gasteiger partial charge is 0.431 e. The van der Waals surface area contributed by atoms with Crippen LogP contribution in [0.15, 0.2) is 34.3 Å². The van der Waals surface area contributed by atoms with Gasteiger partial charge < -0.3 is 20.4 Å². The van der Waals surface area contributed by atoms with Crippen LogP contribution in [0.4, 0.5) is 11.7 Å². The first-order valence-electron chi connectivity index (χ1n) is 10.0. The topological polar surface area (TPSA) is 92.1 Å². The van der Waals surface area contributed by atoms with Crippen molar-refractivity contribution in [2.45, 2.75) is 32.6 Å². The molecule has 0 aliphatic rings. The molecule has 0 aliphatic heterocycles. The summed E-state index contributed by atoms with van der Waals surface area (Å²) in [7, 11) is 1.67. The van der Waals surface area contributed by atoms with Crippen molar-refractivity contribution in [3.8, 4) is 10.6 Å². The summed E-state index contributed by atoms with van der Waals surface area (Å²) in [6, 6.07) is 5.77. The molecule has 0 saturated heterocycles. The van der Waals surface area contributed by atoms with E-state index in [9.17, 15) is 4.79 Å². The highest BCUT2D eigenvalue weighted by Gasteiger charge is 2.15. The van der Waals surface area contributed by atoms with Crippen LogP contribution < -0.4 is 16.0 Å². The quantitative estimate of drug-likeness (QED) is 0.355. The summed E-state index contributed by atoms with van der Waals surface area (Å²) >= 11 is 7.87. The number of unbranched alkanes of at least 4 members (excludes halogenated alkanes) is 1. The zero-order valence-electron chi connectivity index (χ0n) is 17.1. The fourth-order valence-electron chi connectivity index (χ4n) is 2.85. The van der Waals surface area contributed by atoms with Crippen molar-refractivity contribution in [2.75, 3.05) is 30.8 Å². The van der Waals surface area contributed by atoms with Crippen molar-refractivity contribution in [2.24, 2.45) is 0 Å². The molecule has 3 rings (SSSR count). The normalized spacial score (nSPS) is 10.9. The molecule has 0 unspecified atom stereocenters. The predicted molar refractivity (Wildman–Crippen MR) is 123 cm³/mol. The Hall–Kier alpha value is -2.42. The Morgan fingerprint density at radius 3 is 2.87 bits per heavy atom. The number of hydrogen-bond donors (Lipinski definition) is 3. The van der Waals surface area contributed by atoms with Crippen molar-refractivity contribution in [3.63, 3.8) is 0 Å². The number of hydrogen-bond acceptors (Lipinski definition) is 7. The number of nitrogens with one attached hydrogen (secondary N) is 3. The smallest absolute Gasteiger partial charge is 0.294 e. The average molecular weight is 448 g/mol. The molecule has 3 aromatic rings. The molecule has 7 nitrogen and oxygen atoms in total. The Labute approximate surface area is 185 Å². The number of anilines is 2. The lowest BCUT2D eigenvalue weighted by atomic mass is 10.2. The van der Waals surface area contributed by atoms with Crippen molar-refractivity contribution >= 4 is 40.5 Å². The molecule has 2 heterocycles. The highest BCUT2D eigenvalue weighted by atomic mass is 35.5. The highest BCUT2D eigenvalue weighted by molar-refractivity contribution is 7.13. The van der Waals surface area contributed by atoms with E-state index in [1.165, 1.54) is 6.26 Å². The van der Waals surface area contributed by atoms with Gasteiger partial charge in [-0.2, -0.15) is 4.98 Å². The van der Waals surface area contributed by atoms with Crippen LogP contribution in [0.5, 0.6) is 0 Å². The number of nitrogens with zero attached hydrogens (tertiary/aromatic N) is 2. The third-order valence-corrected chi connectivity index (χ3v) is 5.70. The lowest BCUT2D eigenvalue weighted by Gasteiger charge is -2.07. The molecule has 0 aliphatic carbocycles. The zero-order chi connectivity index (χ0) is 21.3. The van der Waals surface area contributed by atoms with Crippen LogP contribution >= 0.6 is 22.9 Å². The Bertz CT molecular complexity index is 972. The molecule has 0 atom stereocenters. The monoisotopic (exact) mass is 447 g/mol. The first-order chi connectivity index (χ1) is 14.6. The van der Waals surface area contributed by atoms with E-state index < -0.39 is 5.91 Å². The zero-order valence-corrected chi connectivity index (χ0v) is 18.7. The molecule has 0 saturated carbocycles. The summed E-state index contributed by atoms with van der Waals surface area (Å²) in [6.45, 7) is 4.29. The van der Waals surface area contributed by atoms with Gasteiger partial charge in [-0.05, 0) is 50.9 Å². The lowest BCUT2D eigenvalue weighted by Crippen LogP contribution is -2.15. The van der Waals surface area contributed by atoms with Gasteiger partial charge in [-0.15, -0.1) is 11.3 Å². The van der Waals surface area contributed by atoms with E-state index in [1.807, 2.05) is 12.1 Å². The Morgan fingerprint density at radius 1 is 1.23 bits per heavy atom. The molecule has 160 valence electrons. The maximum atomic E-state index is 12.4. The fraction of sp³-hybridized carbons (Fsp3) is 0.381. The molecular formula is C21H26ClN5O2S. The number of oxazole rings is 1. The summed E-state index contributed by atoms with van der Waals surface area (Å²) in [5, 5.41) is 12.4. The van der Waals surface area contributed by atoms with E-state index in [4.69, 9.17) is 21.0 Å². The molecule has 2 aromatic heterocycles. The second kappa shape index (κ2) is 11.1. The minimum Gasteiger partial charge on any atom is -0.431 e. The summed E-state index contributed by atoms with van der Waals surface area (Å²) in [5.41, 5.74) is 2.68. The van der Waals surface area contributed by atoms with E-state index >= 15 is 0 Å². The SMILES string of the molecule is CCCNCCCCc1csc(-c2ccc(Cl)c(NC(=O)c3coc(NC)n3)c2)n1. The maximum Gasteiger partial charge on any atom is 0.294 e. The van der Waals surface area contributed by atoms with Crippen LogP contribution in [-0.2, 0) is 6.42 Å². The fourth-order valence-corrected chi connectivity index (χ4v) is 3.86. The molecule has 9 heteroatoms. The second-order valence-corrected chi connectivity index (χ2v) is 8.05. The first kappa shape index (κ1) is 22.3. The van der Waals surface area contributed by atoms with Crippen LogP contribution in [-0.4, -0.2) is 36.0 Å². The standard InChI is InChI=1S/C21H26ClN5O2S/c1-3-9-24-10-5-4-6-15-13-30-20(25-15)14-7-8-16(22)17(11-14)26-19(28)18-12-29-21(23-2)27-18/h7-8,11-13,24H,3-6,9-10H2,1-2H3,(H,23,27)(H,26,28). The van der Waals surface area contributed by atoms with Gasteiger partial charge in [0.25, 0.3) is 11.9 Å². The first-order valence-corrected chi connectivity index (χ1v) is 11.3. The van der Waals surface area contributed by atoms with E-state index in [0.29, 0.717) is 10.7 Å². The molecule has 3 N–H and O–H groups in total. The summed E-state index contributed by atoms with van der Waals surface area (Å²) in [6.07, 6.45) is 5.66. The van der Waals surface area contributed by atoms with Gasteiger partial charge in [0, 0.05) is 18.0 Å². The number of halogens is 1. The van der Waals surface area contributed by atoms with Gasteiger partial charge in [-0.3, -0.25) is 4.79 Å². The van der Waals surface area contributed by atoms with Gasteiger partial charge in [0.2, 0.25) is 0 Å². The number of aromatic nitrogens is 2. The number of rotatable bonds is 11. The Morgan fingerprint density at radius 2 is 2.10 bits per heavy atom. The summed E-state index contributed by atoms with van der Waals surface area (Å²) in [4.78, 5) is 21.2. The number of thiazole rings is 1. The van der Waals surface area contributed by atoms with E-state index in [2.05, 4.69) is 33.2 Å². The van der Waals surface area contributed by atoms with Gasteiger partial charge >= 0.3 is 0 Å². The van der Waals surface area contributed by atoms with Crippen LogP contribution in [0, 0.1) is 0 Å². The van der Waals surface area contributed by atoms with Crippen LogP contribution in [0.1, 0.15) is 42.4 Å². The highest BCUT2D eigenvalue weighted by Crippen LogP contribution is 2.31. The third kappa shape index (κ3) is 6.04. The Balaban J connectivity index is 1.62. The van der Waals surface area contributed by atoms with Gasteiger partial charge in [0.15, 0.2) is 5.69 Å². The van der Waals surface area contributed by atoms with Gasteiger partial charge in [-0.1, -0.05) is 24.6 Å². The summed E-state index contributed by atoms with van der Waals surface area (Å²) in [5.74, 6) is -0.393. The maximum absolute atomic E-state index is 12.4. The van der Waals surface area contributed by atoms with Crippen molar-refractivity contribution < 1.29 is 9.21 Å². The molecular weight excluding hydrogens is 422 g/mol. The molecule has 1 aromatic carbocycles. The molecule has 0 fully saturated rings. The van der Waals surface area contributed by atoms with Crippen LogP contribution in [0.3, 0.4) is 0 Å². The Kier molecular flexibility index (Phi) is 8.24. The van der Waals surface area contributed by atoms with Crippen molar-refractivity contribution in [1.82, 2.24) is 15.3 Å². The van der Waals surface area contributed by atoms with Gasteiger partial charge in [0.05, 0.1) is 16.4 Å². The lowest BCUT2D eigenvalue weighted by molar-refractivity contribution is 0.102. The predicted octanol–water partition coefficient (Wildman–Crippen LogP) is 5.07. The molecule has 0 bridgehead atoms. The van der Waals surface area contributed by atoms with Gasteiger partial charge in [0.1, 0.15) is 11.3 Å². The second-order valence-electron chi connectivity index (χ2n) is 6.79. The van der Waals surface area contributed by atoms with Crippen LogP contribution in [0.2, 0.25) is 5.02 Å². The van der Waals surface area contributed by atoms with Crippen molar-refractivity contribution in [3.05, 3.63) is 46.3 Å². The van der Waals surface area contributed by atoms with Crippen LogP contribution in [0.25, 0.3) is 10.6 Å². The number of carbonyl (C=O) groups excluding carboxylic acids is 1. The van der Waals surface area contributed by atoms with E-state index in [-0.39, 0.29) is 11.7 Å². The number of carbonyl (C=O) groups is 1. The minimum absolute atomic E-state index is 0.172.